The molecule has 0 aliphatic carbocycles. The molecule has 1 rings (SSSR count). The van der Waals surface area contributed by atoms with E-state index in [1.807, 2.05) is 23.6 Å². The molecule has 0 atom stereocenters. The molecule has 1 amide bonds. The molecule has 0 saturated heterocycles. The molecule has 0 aliphatic rings. The lowest BCUT2D eigenvalue weighted by Crippen LogP contribution is -2.27. The van der Waals surface area contributed by atoms with Gasteiger partial charge in [0.1, 0.15) is 0 Å². The van der Waals surface area contributed by atoms with Crippen molar-refractivity contribution in [3.05, 3.63) is 40.9 Å². The van der Waals surface area contributed by atoms with E-state index < -0.39 is 0 Å². The summed E-state index contributed by atoms with van der Waals surface area (Å²) >= 11 is 5.84. The van der Waals surface area contributed by atoms with Gasteiger partial charge in [0, 0.05) is 11.1 Å². The zero-order valence-electron chi connectivity index (χ0n) is 6.83. The number of nitrogens with one attached hydrogen (secondary N) is 1. The third-order valence-corrected chi connectivity index (χ3v) is 1.81. The molecule has 0 aliphatic heterocycles. The minimum absolute atomic E-state index is 0.361. The molecule has 3 nitrogen and oxygen atoms in total. The van der Waals surface area contributed by atoms with Crippen molar-refractivity contribution in [3.8, 4) is 0 Å². The predicted molar refractivity (Wildman–Crippen MR) is 52.8 cm³/mol. The minimum Gasteiger partial charge on any atom is -0.291 e. The highest BCUT2D eigenvalue weighted by Gasteiger charge is 1.94. The van der Waals surface area contributed by atoms with Crippen molar-refractivity contribution in [2.24, 2.45) is 5.84 Å². The van der Waals surface area contributed by atoms with E-state index in [0.29, 0.717) is 5.02 Å². The zero-order valence-corrected chi connectivity index (χ0v) is 7.58. The fourth-order valence-corrected chi connectivity index (χ4v) is 1.02. The van der Waals surface area contributed by atoms with Crippen molar-refractivity contribution < 1.29 is 4.79 Å². The Morgan fingerprint density at radius 3 is 2.77 bits per heavy atom. The smallest absolute Gasteiger partial charge is 0.257 e. The van der Waals surface area contributed by atoms with Crippen LogP contribution in [0.15, 0.2) is 30.3 Å². The molecule has 13 heavy (non-hydrogen) atoms. The molecule has 0 bridgehead atoms. The van der Waals surface area contributed by atoms with Crippen LogP contribution in [0, 0.1) is 0 Å². The quantitative estimate of drug-likeness (QED) is 0.325. The lowest BCUT2D eigenvalue weighted by atomic mass is 10.2. The standard InChI is InChI=1S/C9H9ClN2O/c10-8-4-2-1-3-7(8)5-6-9(13)12-11/h1-6H,11H2,(H,12,13)/b6-5-. The number of hydrogen-bond acceptors (Lipinski definition) is 2. The molecule has 4 heteroatoms. The average Bonchev–Trinajstić information content (AvgIpc) is 2.16. The van der Waals surface area contributed by atoms with Gasteiger partial charge in [-0.05, 0) is 17.7 Å². The van der Waals surface area contributed by atoms with E-state index >= 15 is 0 Å². The summed E-state index contributed by atoms with van der Waals surface area (Å²) in [6, 6.07) is 7.22. The highest BCUT2D eigenvalue weighted by molar-refractivity contribution is 6.32. The maximum absolute atomic E-state index is 10.7. The molecule has 0 saturated carbocycles. The lowest BCUT2D eigenvalue weighted by molar-refractivity contribution is -0.116. The van der Waals surface area contributed by atoms with Gasteiger partial charge < -0.3 is 0 Å². The van der Waals surface area contributed by atoms with Crippen LogP contribution >= 0.6 is 11.6 Å². The molecule has 0 heterocycles. The molecule has 3 N–H and O–H groups in total. The highest BCUT2D eigenvalue weighted by atomic mass is 35.5. The van der Waals surface area contributed by atoms with Gasteiger partial charge in [0.25, 0.3) is 5.91 Å². The molecule has 1 aromatic rings. The third kappa shape index (κ3) is 2.89. The van der Waals surface area contributed by atoms with E-state index in [2.05, 4.69) is 0 Å². The summed E-state index contributed by atoms with van der Waals surface area (Å²) in [6.45, 7) is 0. The maximum Gasteiger partial charge on any atom is 0.257 e. The van der Waals surface area contributed by atoms with Crippen molar-refractivity contribution in [1.29, 1.82) is 0 Å². The van der Waals surface area contributed by atoms with E-state index in [0.717, 1.165) is 5.56 Å². The Morgan fingerprint density at radius 1 is 1.46 bits per heavy atom. The Bertz CT molecular complexity index is 336. The fraction of sp³-hybridized carbons (Fsp3) is 0. The van der Waals surface area contributed by atoms with Crippen LogP contribution in [-0.4, -0.2) is 5.91 Å². The number of carbonyl (C=O) groups excluding carboxylic acids is 1. The average molecular weight is 197 g/mol. The summed E-state index contributed by atoms with van der Waals surface area (Å²) in [5, 5.41) is 0.601. The van der Waals surface area contributed by atoms with E-state index in [-0.39, 0.29) is 5.91 Å². The topological polar surface area (TPSA) is 55.1 Å². The second-order valence-electron chi connectivity index (χ2n) is 2.36. The van der Waals surface area contributed by atoms with Gasteiger partial charge in [0.15, 0.2) is 0 Å². The number of amides is 1. The lowest BCUT2D eigenvalue weighted by Gasteiger charge is -1.95. The van der Waals surface area contributed by atoms with Crippen LogP contribution in [0.4, 0.5) is 0 Å². The van der Waals surface area contributed by atoms with Crippen molar-refractivity contribution in [2.45, 2.75) is 0 Å². The molecule has 0 radical (unpaired) electrons. The normalized spacial score (nSPS) is 10.3. The predicted octanol–water partition coefficient (Wildman–Crippen LogP) is 1.34. The fourth-order valence-electron chi connectivity index (χ4n) is 0.824. The first kappa shape index (κ1) is 9.77. The SMILES string of the molecule is NNC(=O)/C=C\c1ccccc1Cl. The van der Waals surface area contributed by atoms with Crippen molar-refractivity contribution in [2.75, 3.05) is 0 Å². The van der Waals surface area contributed by atoms with Gasteiger partial charge in [-0.1, -0.05) is 29.8 Å². The van der Waals surface area contributed by atoms with Crippen LogP contribution in [-0.2, 0) is 4.79 Å². The summed E-state index contributed by atoms with van der Waals surface area (Å²) in [5.41, 5.74) is 2.77. The summed E-state index contributed by atoms with van der Waals surface area (Å²) in [5.74, 6) is 4.53. The number of halogens is 1. The van der Waals surface area contributed by atoms with Gasteiger partial charge in [-0.15, -0.1) is 0 Å². The second kappa shape index (κ2) is 4.64. The van der Waals surface area contributed by atoms with Gasteiger partial charge in [0.2, 0.25) is 0 Å². The van der Waals surface area contributed by atoms with Crippen LogP contribution in [0.25, 0.3) is 6.08 Å². The second-order valence-corrected chi connectivity index (χ2v) is 2.77. The third-order valence-electron chi connectivity index (χ3n) is 1.46. The molecular weight excluding hydrogens is 188 g/mol. The Morgan fingerprint density at radius 2 is 2.15 bits per heavy atom. The van der Waals surface area contributed by atoms with Gasteiger partial charge in [-0.2, -0.15) is 0 Å². The summed E-state index contributed by atoms with van der Waals surface area (Å²) in [7, 11) is 0. The molecule has 0 unspecified atom stereocenters. The summed E-state index contributed by atoms with van der Waals surface area (Å²) in [6.07, 6.45) is 2.92. The summed E-state index contributed by atoms with van der Waals surface area (Å²) in [4.78, 5) is 10.7. The largest absolute Gasteiger partial charge is 0.291 e. The number of carbonyl (C=O) groups is 1. The first-order valence-corrected chi connectivity index (χ1v) is 4.05. The number of rotatable bonds is 2. The highest BCUT2D eigenvalue weighted by Crippen LogP contribution is 2.15. The Labute approximate surface area is 81.2 Å². The van der Waals surface area contributed by atoms with Gasteiger partial charge in [-0.25, -0.2) is 5.84 Å². The van der Waals surface area contributed by atoms with Crippen LogP contribution in [0.3, 0.4) is 0 Å². The molecule has 68 valence electrons. The van der Waals surface area contributed by atoms with Crippen molar-refractivity contribution >= 4 is 23.6 Å². The molecule has 1 aromatic carbocycles. The van der Waals surface area contributed by atoms with Crippen LogP contribution in [0.5, 0.6) is 0 Å². The zero-order chi connectivity index (χ0) is 9.68. The number of hydrogen-bond donors (Lipinski definition) is 2. The van der Waals surface area contributed by atoms with Crippen LogP contribution in [0.2, 0.25) is 5.02 Å². The summed E-state index contributed by atoms with van der Waals surface area (Å²) < 4.78 is 0. The monoisotopic (exact) mass is 196 g/mol. The van der Waals surface area contributed by atoms with Gasteiger partial charge in [0.05, 0.1) is 0 Å². The van der Waals surface area contributed by atoms with Gasteiger partial charge in [-0.3, -0.25) is 10.2 Å². The molecule has 0 fully saturated rings. The molecule has 0 aromatic heterocycles. The first-order chi connectivity index (χ1) is 6.24. The van der Waals surface area contributed by atoms with E-state index in [1.165, 1.54) is 6.08 Å². The van der Waals surface area contributed by atoms with Crippen molar-refractivity contribution in [1.82, 2.24) is 5.43 Å². The molecule has 0 spiro atoms. The van der Waals surface area contributed by atoms with Gasteiger partial charge >= 0.3 is 0 Å². The van der Waals surface area contributed by atoms with E-state index in [4.69, 9.17) is 17.4 Å². The minimum atomic E-state index is -0.361. The van der Waals surface area contributed by atoms with Crippen molar-refractivity contribution in [3.63, 3.8) is 0 Å². The van der Waals surface area contributed by atoms with Crippen LogP contribution < -0.4 is 11.3 Å². The maximum atomic E-state index is 10.7. The van der Waals surface area contributed by atoms with E-state index in [9.17, 15) is 4.79 Å². The Balaban J connectivity index is 2.80. The number of hydrazine groups is 1. The number of benzene rings is 1. The Hall–Kier alpha value is -1.32. The Kier molecular flexibility index (Phi) is 3.49. The number of nitrogens with two attached hydrogens (primary N) is 1. The van der Waals surface area contributed by atoms with Crippen LogP contribution in [0.1, 0.15) is 5.56 Å². The molecular formula is C9H9ClN2O. The van der Waals surface area contributed by atoms with E-state index in [1.54, 1.807) is 12.1 Å². The first-order valence-electron chi connectivity index (χ1n) is 3.67.